The summed E-state index contributed by atoms with van der Waals surface area (Å²) in [6, 6.07) is 0. The third kappa shape index (κ3) is 2.07. The summed E-state index contributed by atoms with van der Waals surface area (Å²) in [5, 5.41) is 7.18. The molecule has 6 heteroatoms. The zero-order chi connectivity index (χ0) is 11.5. The van der Waals surface area contributed by atoms with Crippen LogP contribution in [0.25, 0.3) is 11.3 Å². The fraction of sp³-hybridized carbons (Fsp3) is 0.200. The maximum Gasteiger partial charge on any atom is 0.148 e. The van der Waals surface area contributed by atoms with E-state index in [0.29, 0.717) is 12.4 Å². The summed E-state index contributed by atoms with van der Waals surface area (Å²) in [6.07, 6.45) is 1.80. The highest BCUT2D eigenvalue weighted by Crippen LogP contribution is 2.36. The van der Waals surface area contributed by atoms with Gasteiger partial charge in [0.15, 0.2) is 0 Å². The second-order valence-corrected chi connectivity index (χ2v) is 5.03. The molecule has 0 spiro atoms. The molecule has 0 aliphatic heterocycles. The van der Waals surface area contributed by atoms with E-state index in [1.807, 2.05) is 12.3 Å². The topological polar surface area (TPSA) is 63.8 Å². The number of anilines is 2. The summed E-state index contributed by atoms with van der Waals surface area (Å²) in [5.41, 5.74) is 7.64. The summed E-state index contributed by atoms with van der Waals surface area (Å²) in [4.78, 5) is 4.42. The number of thiazole rings is 1. The second kappa shape index (κ2) is 4.63. The van der Waals surface area contributed by atoms with E-state index in [0.717, 1.165) is 21.3 Å². The van der Waals surface area contributed by atoms with E-state index in [2.05, 4.69) is 21.3 Å². The number of nitrogens with one attached hydrogen (secondary N) is 1. The fourth-order valence-corrected chi connectivity index (χ4v) is 2.65. The van der Waals surface area contributed by atoms with Gasteiger partial charge in [-0.05, 0) is 18.5 Å². The largest absolute Gasteiger partial charge is 0.382 e. The molecule has 2 aromatic rings. The van der Waals surface area contributed by atoms with Crippen molar-refractivity contribution in [2.75, 3.05) is 17.6 Å². The van der Waals surface area contributed by atoms with Crippen LogP contribution in [0.4, 0.5) is 10.8 Å². The second-order valence-electron chi connectivity index (χ2n) is 3.19. The summed E-state index contributed by atoms with van der Waals surface area (Å²) in [5.74, 6) is 0.530. The van der Waals surface area contributed by atoms with Gasteiger partial charge in [-0.15, -0.1) is 17.9 Å². The lowest BCUT2D eigenvalue weighted by Gasteiger charge is -2.01. The molecule has 84 valence electrons. The molecule has 3 N–H and O–H groups in total. The minimum Gasteiger partial charge on any atom is -0.382 e. The van der Waals surface area contributed by atoms with Crippen molar-refractivity contribution in [1.82, 2.24) is 9.36 Å². The average Bonchev–Trinajstić information content (AvgIpc) is 2.82. The maximum absolute atomic E-state index is 5.85. The van der Waals surface area contributed by atoms with Crippen LogP contribution < -0.4 is 11.1 Å². The van der Waals surface area contributed by atoms with Crippen molar-refractivity contribution in [2.45, 2.75) is 6.92 Å². The molecule has 0 aliphatic rings. The molecule has 4 nitrogen and oxygen atoms in total. The first-order valence-electron chi connectivity index (χ1n) is 4.74. The van der Waals surface area contributed by atoms with Crippen LogP contribution in [0, 0.1) is 6.92 Å². The van der Waals surface area contributed by atoms with Crippen LogP contribution in [-0.4, -0.2) is 15.9 Å². The Bertz CT molecular complexity index is 501. The smallest absolute Gasteiger partial charge is 0.148 e. The van der Waals surface area contributed by atoms with Crippen LogP contribution >= 0.6 is 22.9 Å². The predicted molar refractivity (Wildman–Crippen MR) is 71.1 cm³/mol. The van der Waals surface area contributed by atoms with Gasteiger partial charge in [-0.3, -0.25) is 0 Å². The van der Waals surface area contributed by atoms with Gasteiger partial charge in [0.25, 0.3) is 0 Å². The first-order chi connectivity index (χ1) is 7.72. The SMILES string of the molecule is C=CCNc1snc(N)c1-c1csc(C)n1. The average molecular weight is 252 g/mol. The first-order valence-corrected chi connectivity index (χ1v) is 6.40. The Morgan fingerprint density at radius 3 is 3.06 bits per heavy atom. The van der Waals surface area contributed by atoms with Crippen molar-refractivity contribution >= 4 is 33.7 Å². The molecule has 0 bridgehead atoms. The Labute approximate surface area is 102 Å². The molecule has 0 unspecified atom stereocenters. The van der Waals surface area contributed by atoms with E-state index in [-0.39, 0.29) is 0 Å². The van der Waals surface area contributed by atoms with Gasteiger partial charge in [0.1, 0.15) is 10.8 Å². The fourth-order valence-electron chi connectivity index (χ4n) is 1.31. The van der Waals surface area contributed by atoms with E-state index >= 15 is 0 Å². The molecule has 0 amide bonds. The minimum absolute atomic E-state index is 0.530. The number of hydrogen-bond donors (Lipinski definition) is 2. The highest BCUT2D eigenvalue weighted by molar-refractivity contribution is 7.11. The lowest BCUT2D eigenvalue weighted by atomic mass is 10.2. The van der Waals surface area contributed by atoms with Gasteiger partial charge in [-0.25, -0.2) is 4.98 Å². The van der Waals surface area contributed by atoms with Gasteiger partial charge in [-0.1, -0.05) is 6.08 Å². The third-order valence-corrected chi connectivity index (χ3v) is 3.59. The highest BCUT2D eigenvalue weighted by atomic mass is 32.1. The zero-order valence-corrected chi connectivity index (χ0v) is 10.5. The Hall–Kier alpha value is -1.40. The number of nitrogens with two attached hydrogens (primary N) is 1. The predicted octanol–water partition coefficient (Wildman–Crippen LogP) is 2.76. The number of rotatable bonds is 4. The molecule has 0 aromatic carbocycles. The zero-order valence-electron chi connectivity index (χ0n) is 8.86. The Morgan fingerprint density at radius 2 is 2.44 bits per heavy atom. The van der Waals surface area contributed by atoms with Crippen molar-refractivity contribution in [3.8, 4) is 11.3 Å². The molecular weight excluding hydrogens is 240 g/mol. The Balaban J connectivity index is 2.38. The number of aromatic nitrogens is 2. The van der Waals surface area contributed by atoms with Crippen LogP contribution in [0.5, 0.6) is 0 Å². The van der Waals surface area contributed by atoms with Gasteiger partial charge in [0, 0.05) is 11.9 Å². The van der Waals surface area contributed by atoms with E-state index < -0.39 is 0 Å². The van der Waals surface area contributed by atoms with Crippen molar-refractivity contribution in [2.24, 2.45) is 0 Å². The van der Waals surface area contributed by atoms with Gasteiger partial charge in [0.2, 0.25) is 0 Å². The summed E-state index contributed by atoms with van der Waals surface area (Å²) in [7, 11) is 0. The molecular formula is C10H12N4S2. The van der Waals surface area contributed by atoms with Crippen LogP contribution in [0.2, 0.25) is 0 Å². The van der Waals surface area contributed by atoms with Gasteiger partial charge in [0.05, 0.1) is 16.3 Å². The molecule has 16 heavy (non-hydrogen) atoms. The monoisotopic (exact) mass is 252 g/mol. The standard InChI is InChI=1S/C10H12N4S2/c1-3-4-12-10-8(9(11)14-16-10)7-5-15-6(2)13-7/h3,5,12H,1,4H2,2H3,(H2,11,14). The molecule has 0 aliphatic carbocycles. The molecule has 2 heterocycles. The molecule has 0 atom stereocenters. The van der Waals surface area contributed by atoms with Crippen molar-refractivity contribution in [3.63, 3.8) is 0 Å². The normalized spacial score (nSPS) is 10.3. The Morgan fingerprint density at radius 1 is 1.62 bits per heavy atom. The van der Waals surface area contributed by atoms with E-state index in [9.17, 15) is 0 Å². The van der Waals surface area contributed by atoms with Crippen molar-refractivity contribution < 1.29 is 0 Å². The van der Waals surface area contributed by atoms with Crippen LogP contribution in [0.3, 0.4) is 0 Å². The van der Waals surface area contributed by atoms with Gasteiger partial charge >= 0.3 is 0 Å². The Kier molecular flexibility index (Phi) is 3.21. The van der Waals surface area contributed by atoms with E-state index in [4.69, 9.17) is 5.73 Å². The molecule has 0 saturated heterocycles. The summed E-state index contributed by atoms with van der Waals surface area (Å²) >= 11 is 2.96. The van der Waals surface area contributed by atoms with Crippen LogP contribution in [0.1, 0.15) is 5.01 Å². The lowest BCUT2D eigenvalue weighted by Crippen LogP contribution is -1.98. The lowest BCUT2D eigenvalue weighted by molar-refractivity contribution is 1.29. The van der Waals surface area contributed by atoms with Gasteiger partial charge < -0.3 is 11.1 Å². The maximum atomic E-state index is 5.85. The molecule has 2 aromatic heterocycles. The summed E-state index contributed by atoms with van der Waals surface area (Å²) in [6.45, 7) is 6.33. The van der Waals surface area contributed by atoms with Crippen LogP contribution in [-0.2, 0) is 0 Å². The number of hydrogen-bond acceptors (Lipinski definition) is 6. The molecule has 0 fully saturated rings. The quantitative estimate of drug-likeness (QED) is 0.821. The third-order valence-electron chi connectivity index (χ3n) is 2.00. The number of nitrogens with zero attached hydrogens (tertiary/aromatic N) is 2. The molecule has 2 rings (SSSR count). The van der Waals surface area contributed by atoms with Crippen molar-refractivity contribution in [1.29, 1.82) is 0 Å². The first kappa shape index (κ1) is 11.1. The highest BCUT2D eigenvalue weighted by Gasteiger charge is 2.15. The van der Waals surface area contributed by atoms with Crippen LogP contribution in [0.15, 0.2) is 18.0 Å². The van der Waals surface area contributed by atoms with Crippen molar-refractivity contribution in [3.05, 3.63) is 23.0 Å². The minimum atomic E-state index is 0.530. The molecule has 0 radical (unpaired) electrons. The number of aryl methyl sites for hydroxylation is 1. The molecule has 0 saturated carbocycles. The summed E-state index contributed by atoms with van der Waals surface area (Å²) < 4.78 is 4.14. The van der Waals surface area contributed by atoms with E-state index in [1.54, 1.807) is 17.4 Å². The number of nitrogen functional groups attached to an aromatic ring is 1. The van der Waals surface area contributed by atoms with Gasteiger partial charge in [-0.2, -0.15) is 4.37 Å². The van der Waals surface area contributed by atoms with E-state index in [1.165, 1.54) is 11.5 Å².